The van der Waals surface area contributed by atoms with Gasteiger partial charge in [-0.2, -0.15) is 0 Å². The van der Waals surface area contributed by atoms with E-state index in [9.17, 15) is 4.79 Å². The summed E-state index contributed by atoms with van der Waals surface area (Å²) in [6.45, 7) is 2.04. The predicted molar refractivity (Wildman–Crippen MR) is 83.2 cm³/mol. The van der Waals surface area contributed by atoms with Crippen LogP contribution in [0.1, 0.15) is 16.1 Å². The Morgan fingerprint density at radius 2 is 1.95 bits per heavy atom. The summed E-state index contributed by atoms with van der Waals surface area (Å²) in [7, 11) is 0. The molecule has 100 valence electrons. The van der Waals surface area contributed by atoms with Crippen LogP contribution in [0.15, 0.2) is 48.5 Å². The monoisotopic (exact) mass is 281 g/mol. The van der Waals surface area contributed by atoms with Crippen molar-refractivity contribution in [3.8, 4) is 0 Å². The van der Waals surface area contributed by atoms with Crippen molar-refractivity contribution in [2.45, 2.75) is 19.8 Å². The van der Waals surface area contributed by atoms with Crippen molar-refractivity contribution >= 4 is 27.3 Å². The van der Waals surface area contributed by atoms with Gasteiger partial charge in [0.1, 0.15) is 10.8 Å². The molecule has 20 heavy (non-hydrogen) atoms. The lowest BCUT2D eigenvalue weighted by atomic mass is 10.1. The Morgan fingerprint density at radius 3 is 2.75 bits per heavy atom. The van der Waals surface area contributed by atoms with Gasteiger partial charge in [-0.1, -0.05) is 42.0 Å². The van der Waals surface area contributed by atoms with E-state index in [-0.39, 0.29) is 5.78 Å². The summed E-state index contributed by atoms with van der Waals surface area (Å²) in [4.78, 5) is 16.6. The van der Waals surface area contributed by atoms with Crippen LogP contribution in [0, 0.1) is 6.92 Å². The minimum absolute atomic E-state index is 0.217. The van der Waals surface area contributed by atoms with Gasteiger partial charge in [-0.15, -0.1) is 11.3 Å². The van der Waals surface area contributed by atoms with Crippen LogP contribution in [0.25, 0.3) is 10.2 Å². The molecule has 2 nitrogen and oxygen atoms in total. The molecule has 2 aromatic carbocycles. The first-order valence-corrected chi connectivity index (χ1v) is 7.44. The third-order valence-corrected chi connectivity index (χ3v) is 4.21. The molecular weight excluding hydrogens is 266 g/mol. The summed E-state index contributed by atoms with van der Waals surface area (Å²) < 4.78 is 1.14. The smallest absolute Gasteiger partial charge is 0.144 e. The average Bonchev–Trinajstić information content (AvgIpc) is 2.80. The summed E-state index contributed by atoms with van der Waals surface area (Å²) in [5.41, 5.74) is 3.25. The van der Waals surface area contributed by atoms with Crippen molar-refractivity contribution in [2.75, 3.05) is 0 Å². The van der Waals surface area contributed by atoms with Crippen LogP contribution in [-0.4, -0.2) is 10.8 Å². The molecule has 0 unspecified atom stereocenters. The summed E-state index contributed by atoms with van der Waals surface area (Å²) in [6, 6.07) is 16.1. The molecular formula is C17H15NOS. The molecule has 1 heterocycles. The number of aromatic nitrogens is 1. The molecule has 0 radical (unpaired) electrons. The molecule has 0 aliphatic heterocycles. The molecule has 0 fully saturated rings. The summed E-state index contributed by atoms with van der Waals surface area (Å²) in [5.74, 6) is 0.217. The van der Waals surface area contributed by atoms with Crippen LogP contribution in [0.3, 0.4) is 0 Å². The van der Waals surface area contributed by atoms with E-state index < -0.39 is 0 Å². The molecule has 1 aromatic heterocycles. The first kappa shape index (κ1) is 13.0. The van der Waals surface area contributed by atoms with E-state index in [0.29, 0.717) is 12.8 Å². The zero-order valence-corrected chi connectivity index (χ0v) is 12.1. The minimum atomic E-state index is 0.217. The van der Waals surface area contributed by atoms with Gasteiger partial charge < -0.3 is 0 Å². The van der Waals surface area contributed by atoms with Crippen LogP contribution in [0.5, 0.6) is 0 Å². The van der Waals surface area contributed by atoms with E-state index in [0.717, 1.165) is 20.8 Å². The number of Topliss-reactive ketones (excluding diaryl/α,β-unsaturated/α-hetero) is 1. The van der Waals surface area contributed by atoms with E-state index >= 15 is 0 Å². The van der Waals surface area contributed by atoms with Crippen LogP contribution in [-0.2, 0) is 17.6 Å². The maximum atomic E-state index is 12.1. The van der Waals surface area contributed by atoms with Gasteiger partial charge in [0.15, 0.2) is 0 Å². The number of hydrogen-bond donors (Lipinski definition) is 0. The number of fused-ring (bicyclic) bond motifs is 1. The number of carbonyl (C=O) groups is 1. The molecule has 3 aromatic rings. The van der Waals surface area contributed by atoms with Gasteiger partial charge in [-0.3, -0.25) is 4.79 Å². The Balaban J connectivity index is 1.72. The molecule has 3 rings (SSSR count). The van der Waals surface area contributed by atoms with Crippen LogP contribution in [0.4, 0.5) is 0 Å². The number of benzene rings is 2. The summed E-state index contributed by atoms with van der Waals surface area (Å²) >= 11 is 1.61. The largest absolute Gasteiger partial charge is 0.299 e. The van der Waals surface area contributed by atoms with E-state index in [4.69, 9.17) is 0 Å². The van der Waals surface area contributed by atoms with Crippen molar-refractivity contribution in [3.05, 3.63) is 64.7 Å². The lowest BCUT2D eigenvalue weighted by Gasteiger charge is -2.01. The number of para-hydroxylation sites is 1. The van der Waals surface area contributed by atoms with Gasteiger partial charge in [-0.25, -0.2) is 4.98 Å². The van der Waals surface area contributed by atoms with Gasteiger partial charge in [0.25, 0.3) is 0 Å². The Kier molecular flexibility index (Phi) is 3.61. The second-order valence-corrected chi connectivity index (χ2v) is 6.07. The molecule has 3 heteroatoms. The Morgan fingerprint density at radius 1 is 1.10 bits per heavy atom. The lowest BCUT2D eigenvalue weighted by molar-refractivity contribution is -0.117. The highest BCUT2D eigenvalue weighted by Gasteiger charge is 2.09. The van der Waals surface area contributed by atoms with Crippen LogP contribution in [0.2, 0.25) is 0 Å². The van der Waals surface area contributed by atoms with Gasteiger partial charge in [0, 0.05) is 6.42 Å². The molecule has 0 saturated heterocycles. The maximum Gasteiger partial charge on any atom is 0.144 e. The van der Waals surface area contributed by atoms with Crippen LogP contribution >= 0.6 is 11.3 Å². The summed E-state index contributed by atoms with van der Waals surface area (Å²) in [5, 5.41) is 0.906. The van der Waals surface area contributed by atoms with E-state index in [1.54, 1.807) is 11.3 Å². The van der Waals surface area contributed by atoms with Gasteiger partial charge in [0.05, 0.1) is 16.6 Å². The molecule has 0 aliphatic carbocycles. The van der Waals surface area contributed by atoms with Crippen molar-refractivity contribution in [1.82, 2.24) is 4.98 Å². The Hall–Kier alpha value is -2.00. The Labute approximate surface area is 122 Å². The number of nitrogens with zero attached hydrogens (tertiary/aromatic N) is 1. The molecule has 0 spiro atoms. The number of thiazole rings is 1. The lowest BCUT2D eigenvalue weighted by Crippen LogP contribution is -2.06. The second-order valence-electron chi connectivity index (χ2n) is 4.96. The fourth-order valence-electron chi connectivity index (χ4n) is 2.28. The Bertz CT molecular complexity index is 727. The van der Waals surface area contributed by atoms with Crippen molar-refractivity contribution < 1.29 is 4.79 Å². The summed E-state index contributed by atoms with van der Waals surface area (Å²) in [6.07, 6.45) is 0.908. The fourth-order valence-corrected chi connectivity index (χ4v) is 3.27. The zero-order chi connectivity index (χ0) is 13.9. The first-order valence-electron chi connectivity index (χ1n) is 6.62. The van der Waals surface area contributed by atoms with Gasteiger partial charge in [0.2, 0.25) is 0 Å². The third kappa shape index (κ3) is 2.94. The molecule has 0 aliphatic rings. The molecule has 0 N–H and O–H groups in total. The number of rotatable bonds is 4. The fraction of sp³-hybridized carbons (Fsp3) is 0.176. The topological polar surface area (TPSA) is 30.0 Å². The number of ketones is 1. The molecule has 0 atom stereocenters. The van der Waals surface area contributed by atoms with Crippen molar-refractivity contribution in [1.29, 1.82) is 0 Å². The predicted octanol–water partition coefficient (Wildman–Crippen LogP) is 3.96. The average molecular weight is 281 g/mol. The third-order valence-electron chi connectivity index (χ3n) is 3.17. The minimum Gasteiger partial charge on any atom is -0.299 e. The van der Waals surface area contributed by atoms with Gasteiger partial charge >= 0.3 is 0 Å². The molecule has 0 saturated carbocycles. The highest BCUT2D eigenvalue weighted by molar-refractivity contribution is 7.18. The van der Waals surface area contributed by atoms with E-state index in [2.05, 4.69) is 11.1 Å². The number of carbonyl (C=O) groups excluding carboxylic acids is 1. The number of hydrogen-bond acceptors (Lipinski definition) is 3. The molecule has 0 bridgehead atoms. The van der Waals surface area contributed by atoms with E-state index in [1.807, 2.05) is 49.4 Å². The zero-order valence-electron chi connectivity index (χ0n) is 11.3. The maximum absolute atomic E-state index is 12.1. The highest BCUT2D eigenvalue weighted by atomic mass is 32.1. The highest BCUT2D eigenvalue weighted by Crippen LogP contribution is 2.22. The van der Waals surface area contributed by atoms with Crippen LogP contribution < -0.4 is 0 Å². The van der Waals surface area contributed by atoms with Crippen molar-refractivity contribution in [2.24, 2.45) is 0 Å². The molecule has 0 amide bonds. The normalized spacial score (nSPS) is 10.8. The number of aryl methyl sites for hydroxylation is 1. The SMILES string of the molecule is Cc1cccc(CC(=O)Cc2nc3ccccc3s2)c1. The van der Waals surface area contributed by atoms with Crippen molar-refractivity contribution in [3.63, 3.8) is 0 Å². The second kappa shape index (κ2) is 5.55. The first-order chi connectivity index (χ1) is 9.70. The quantitative estimate of drug-likeness (QED) is 0.724. The standard InChI is InChI=1S/C17H15NOS/c1-12-5-4-6-13(9-12)10-14(19)11-17-18-15-7-2-3-8-16(15)20-17/h2-9H,10-11H2,1H3. The van der Waals surface area contributed by atoms with E-state index in [1.165, 1.54) is 5.56 Å². The van der Waals surface area contributed by atoms with Gasteiger partial charge in [-0.05, 0) is 24.6 Å².